The van der Waals surface area contributed by atoms with E-state index in [9.17, 15) is 9.50 Å². The predicted octanol–water partition coefficient (Wildman–Crippen LogP) is 3.41. The summed E-state index contributed by atoms with van der Waals surface area (Å²) in [6.07, 6.45) is 2.80. The lowest BCUT2D eigenvalue weighted by Crippen LogP contribution is -2.39. The first-order chi connectivity index (χ1) is 12.2. The van der Waals surface area contributed by atoms with Crippen LogP contribution in [0.4, 0.5) is 4.39 Å². The Balaban J connectivity index is 1.43. The molecule has 1 aliphatic heterocycles. The maximum atomic E-state index is 13.5. The fourth-order valence-electron chi connectivity index (χ4n) is 3.50. The molecule has 4 heteroatoms. The zero-order chi connectivity index (χ0) is 17.5. The van der Waals surface area contributed by atoms with Gasteiger partial charge in [0.15, 0.2) is 0 Å². The van der Waals surface area contributed by atoms with Crippen LogP contribution < -0.4 is 0 Å². The molecule has 2 atom stereocenters. The summed E-state index contributed by atoms with van der Waals surface area (Å²) in [5, 5.41) is 10.3. The summed E-state index contributed by atoms with van der Waals surface area (Å²) in [6.45, 7) is 2.04. The molecule has 1 aliphatic rings. The van der Waals surface area contributed by atoms with E-state index in [0.717, 1.165) is 19.4 Å². The van der Waals surface area contributed by atoms with Gasteiger partial charge in [-0.05, 0) is 37.4 Å². The summed E-state index contributed by atoms with van der Waals surface area (Å²) in [4.78, 5) is 2.35. The van der Waals surface area contributed by atoms with Gasteiger partial charge in [-0.1, -0.05) is 48.5 Å². The average molecular weight is 343 g/mol. The van der Waals surface area contributed by atoms with Crippen LogP contribution in [0.2, 0.25) is 0 Å². The van der Waals surface area contributed by atoms with Crippen LogP contribution in [0.25, 0.3) is 0 Å². The smallest absolute Gasteiger partial charge is 0.128 e. The molecule has 0 aromatic heterocycles. The first-order valence-electron chi connectivity index (χ1n) is 8.99. The van der Waals surface area contributed by atoms with Gasteiger partial charge in [-0.2, -0.15) is 0 Å². The Morgan fingerprint density at radius 3 is 2.68 bits per heavy atom. The van der Waals surface area contributed by atoms with Gasteiger partial charge in [0.25, 0.3) is 0 Å². The summed E-state index contributed by atoms with van der Waals surface area (Å²) in [5.41, 5.74) is 1.86. The summed E-state index contributed by atoms with van der Waals surface area (Å²) in [6, 6.07) is 17.5. The Morgan fingerprint density at radius 2 is 1.88 bits per heavy atom. The molecule has 0 bridgehead atoms. The molecule has 1 saturated heterocycles. The molecule has 0 saturated carbocycles. The topological polar surface area (TPSA) is 32.7 Å². The minimum atomic E-state index is -0.553. The van der Waals surface area contributed by atoms with Crippen molar-refractivity contribution in [1.82, 2.24) is 4.90 Å². The average Bonchev–Trinajstić information content (AvgIpc) is 3.04. The van der Waals surface area contributed by atoms with E-state index >= 15 is 0 Å². The Hall–Kier alpha value is -1.75. The summed E-state index contributed by atoms with van der Waals surface area (Å²) in [5.74, 6) is -0.264. The van der Waals surface area contributed by atoms with E-state index in [1.807, 2.05) is 6.07 Å². The molecule has 2 aromatic rings. The minimum absolute atomic E-state index is 0.192. The zero-order valence-electron chi connectivity index (χ0n) is 14.5. The molecular formula is C21H26FNO2. The first-order valence-corrected chi connectivity index (χ1v) is 8.99. The molecule has 134 valence electrons. The fourth-order valence-corrected chi connectivity index (χ4v) is 3.50. The number of nitrogens with zero attached hydrogens (tertiary/aromatic N) is 1. The number of hydrogen-bond donors (Lipinski definition) is 1. The monoisotopic (exact) mass is 343 g/mol. The molecule has 3 nitrogen and oxygen atoms in total. The van der Waals surface area contributed by atoms with Gasteiger partial charge in [-0.25, -0.2) is 4.39 Å². The summed E-state index contributed by atoms with van der Waals surface area (Å²) in [7, 11) is 0. The standard InChI is InChI=1S/C21H26FNO2/c22-21-11-5-4-9-18(21)15-25-16-20(24)14-23-12-6-10-19(23)13-17-7-2-1-3-8-17/h1-5,7-9,11,19-20,24H,6,10,12-16H2/t19-,20-/m0/s1. The van der Waals surface area contributed by atoms with E-state index in [-0.39, 0.29) is 19.0 Å². The van der Waals surface area contributed by atoms with E-state index in [2.05, 4.69) is 29.2 Å². The van der Waals surface area contributed by atoms with Crippen LogP contribution in [0, 0.1) is 5.82 Å². The van der Waals surface area contributed by atoms with Gasteiger partial charge in [-0.3, -0.25) is 4.90 Å². The third kappa shape index (κ3) is 5.36. The second-order valence-electron chi connectivity index (χ2n) is 6.74. The predicted molar refractivity (Wildman–Crippen MR) is 96.8 cm³/mol. The number of ether oxygens (including phenoxy) is 1. The SMILES string of the molecule is O[C@H](COCc1ccccc1F)CN1CCC[C@H]1Cc1ccccc1. The number of rotatable bonds is 8. The van der Waals surface area contributed by atoms with Crippen LogP contribution in [0.3, 0.4) is 0 Å². The lowest BCUT2D eigenvalue weighted by molar-refractivity contribution is 0.00715. The highest BCUT2D eigenvalue weighted by Crippen LogP contribution is 2.21. The number of likely N-dealkylation sites (tertiary alicyclic amines) is 1. The Kier molecular flexibility index (Phi) is 6.56. The molecule has 2 aromatic carbocycles. The molecule has 25 heavy (non-hydrogen) atoms. The number of benzene rings is 2. The fraction of sp³-hybridized carbons (Fsp3) is 0.429. The van der Waals surface area contributed by atoms with E-state index in [4.69, 9.17) is 4.74 Å². The maximum absolute atomic E-state index is 13.5. The maximum Gasteiger partial charge on any atom is 0.128 e. The van der Waals surface area contributed by atoms with Crippen molar-refractivity contribution in [3.63, 3.8) is 0 Å². The molecule has 0 aliphatic carbocycles. The number of hydrogen-bond acceptors (Lipinski definition) is 3. The number of halogens is 1. The van der Waals surface area contributed by atoms with Gasteiger partial charge in [0.05, 0.1) is 19.3 Å². The van der Waals surface area contributed by atoms with Gasteiger partial charge in [-0.15, -0.1) is 0 Å². The van der Waals surface area contributed by atoms with Crippen LogP contribution in [0.15, 0.2) is 54.6 Å². The summed E-state index contributed by atoms with van der Waals surface area (Å²) < 4.78 is 19.1. The molecule has 0 amide bonds. The highest BCUT2D eigenvalue weighted by molar-refractivity contribution is 5.17. The van der Waals surface area contributed by atoms with Crippen molar-refractivity contribution in [3.8, 4) is 0 Å². The van der Waals surface area contributed by atoms with Crippen LogP contribution in [-0.2, 0) is 17.8 Å². The second kappa shape index (κ2) is 9.09. The van der Waals surface area contributed by atoms with Gasteiger partial charge in [0.2, 0.25) is 0 Å². The van der Waals surface area contributed by atoms with Crippen molar-refractivity contribution in [1.29, 1.82) is 0 Å². The van der Waals surface area contributed by atoms with E-state index in [1.165, 1.54) is 18.1 Å². The highest BCUT2D eigenvalue weighted by atomic mass is 19.1. The van der Waals surface area contributed by atoms with Gasteiger partial charge in [0.1, 0.15) is 5.82 Å². The van der Waals surface area contributed by atoms with Crippen molar-refractivity contribution in [2.75, 3.05) is 19.7 Å². The van der Waals surface area contributed by atoms with Crippen molar-refractivity contribution in [3.05, 3.63) is 71.5 Å². The Bertz CT molecular complexity index is 649. The molecular weight excluding hydrogens is 317 g/mol. The highest BCUT2D eigenvalue weighted by Gasteiger charge is 2.26. The van der Waals surface area contributed by atoms with Crippen molar-refractivity contribution in [2.24, 2.45) is 0 Å². The Labute approximate surface area is 149 Å². The molecule has 3 rings (SSSR count). The molecule has 1 N–H and O–H groups in total. The van der Waals surface area contributed by atoms with Gasteiger partial charge < -0.3 is 9.84 Å². The third-order valence-corrected chi connectivity index (χ3v) is 4.78. The zero-order valence-corrected chi connectivity index (χ0v) is 14.5. The lowest BCUT2D eigenvalue weighted by atomic mass is 10.0. The van der Waals surface area contributed by atoms with Crippen LogP contribution in [0.5, 0.6) is 0 Å². The quantitative estimate of drug-likeness (QED) is 0.797. The molecule has 0 spiro atoms. The number of β-amino-alcohol motifs (C(OH)–C–C–N with tert-alkyl or cyclic N) is 1. The number of aliphatic hydroxyl groups is 1. The lowest BCUT2D eigenvalue weighted by Gasteiger charge is -2.27. The normalized spacial score (nSPS) is 19.2. The van der Waals surface area contributed by atoms with Gasteiger partial charge >= 0.3 is 0 Å². The molecule has 0 radical (unpaired) electrons. The molecule has 0 unspecified atom stereocenters. The first kappa shape index (κ1) is 18.1. The largest absolute Gasteiger partial charge is 0.389 e. The van der Waals surface area contributed by atoms with E-state index in [0.29, 0.717) is 18.2 Å². The van der Waals surface area contributed by atoms with Crippen LogP contribution in [-0.4, -0.2) is 41.8 Å². The van der Waals surface area contributed by atoms with Crippen molar-refractivity contribution >= 4 is 0 Å². The second-order valence-corrected chi connectivity index (χ2v) is 6.74. The molecule has 1 fully saturated rings. The van der Waals surface area contributed by atoms with E-state index in [1.54, 1.807) is 18.2 Å². The number of aliphatic hydroxyl groups excluding tert-OH is 1. The van der Waals surface area contributed by atoms with Crippen molar-refractivity contribution < 1.29 is 14.2 Å². The Morgan fingerprint density at radius 1 is 1.12 bits per heavy atom. The van der Waals surface area contributed by atoms with Gasteiger partial charge in [0, 0.05) is 18.2 Å². The summed E-state index contributed by atoms with van der Waals surface area (Å²) >= 11 is 0. The van der Waals surface area contributed by atoms with Crippen LogP contribution >= 0.6 is 0 Å². The van der Waals surface area contributed by atoms with Crippen molar-refractivity contribution in [2.45, 2.75) is 38.0 Å². The minimum Gasteiger partial charge on any atom is -0.389 e. The molecule has 1 heterocycles. The third-order valence-electron chi connectivity index (χ3n) is 4.78. The van der Waals surface area contributed by atoms with Crippen LogP contribution in [0.1, 0.15) is 24.0 Å². The van der Waals surface area contributed by atoms with E-state index < -0.39 is 6.10 Å².